The van der Waals surface area contributed by atoms with E-state index in [1.54, 1.807) is 36.4 Å². The Bertz CT molecular complexity index is 628. The van der Waals surface area contributed by atoms with E-state index in [1.165, 1.54) is 13.2 Å². The largest absolute Gasteiger partial charge is 0.504 e. The average Bonchev–Trinajstić information content (AvgIpc) is 2.46. The van der Waals surface area contributed by atoms with Crippen molar-refractivity contribution in [1.29, 1.82) is 0 Å². The van der Waals surface area contributed by atoms with Gasteiger partial charge in [0.1, 0.15) is 5.69 Å². The molecule has 0 saturated carbocycles. The monoisotopic (exact) mass is 274 g/mol. The zero-order valence-electron chi connectivity index (χ0n) is 10.9. The lowest BCUT2D eigenvalue weighted by Gasteiger charge is -2.10. The Kier molecular flexibility index (Phi) is 4.05. The van der Waals surface area contributed by atoms with Crippen molar-refractivity contribution in [3.8, 4) is 11.5 Å². The summed E-state index contributed by atoms with van der Waals surface area (Å²) < 4.78 is 5.01. The third kappa shape index (κ3) is 2.80. The highest BCUT2D eigenvalue weighted by Crippen LogP contribution is 2.31. The molecule has 104 valence electrons. The van der Waals surface area contributed by atoms with Gasteiger partial charge in [0.05, 0.1) is 12.0 Å². The molecular formula is C14H14N2O4. The first-order chi connectivity index (χ1) is 9.63. The number of nitro benzene ring substituents is 1. The molecule has 0 heterocycles. The summed E-state index contributed by atoms with van der Waals surface area (Å²) in [5.74, 6) is 0.396. The number of rotatable bonds is 5. The van der Waals surface area contributed by atoms with Gasteiger partial charge in [-0.2, -0.15) is 0 Å². The minimum absolute atomic E-state index is 0.00474. The second-order valence-electron chi connectivity index (χ2n) is 4.10. The van der Waals surface area contributed by atoms with Crippen molar-refractivity contribution in [3.63, 3.8) is 0 Å². The molecule has 2 aromatic rings. The highest BCUT2D eigenvalue weighted by molar-refractivity contribution is 5.61. The maximum Gasteiger partial charge on any atom is 0.292 e. The molecule has 0 spiro atoms. The molecular weight excluding hydrogens is 260 g/mol. The van der Waals surface area contributed by atoms with Gasteiger partial charge < -0.3 is 15.2 Å². The Morgan fingerprint density at radius 2 is 2.00 bits per heavy atom. The van der Waals surface area contributed by atoms with Crippen LogP contribution >= 0.6 is 0 Å². The molecule has 0 aromatic heterocycles. The van der Waals surface area contributed by atoms with Gasteiger partial charge in [-0.3, -0.25) is 10.1 Å². The van der Waals surface area contributed by atoms with Crippen molar-refractivity contribution >= 4 is 11.4 Å². The lowest BCUT2D eigenvalue weighted by Crippen LogP contribution is -2.03. The molecule has 20 heavy (non-hydrogen) atoms. The van der Waals surface area contributed by atoms with E-state index in [2.05, 4.69) is 5.32 Å². The van der Waals surface area contributed by atoms with Crippen LogP contribution in [0.5, 0.6) is 11.5 Å². The van der Waals surface area contributed by atoms with Crippen LogP contribution in [-0.2, 0) is 6.54 Å². The quantitative estimate of drug-likeness (QED) is 0.646. The Morgan fingerprint density at radius 3 is 2.70 bits per heavy atom. The zero-order chi connectivity index (χ0) is 14.5. The smallest absolute Gasteiger partial charge is 0.292 e. The summed E-state index contributed by atoms with van der Waals surface area (Å²) in [5.41, 5.74) is 0.997. The molecule has 6 nitrogen and oxygen atoms in total. The summed E-state index contributed by atoms with van der Waals surface area (Å²) in [6.45, 7) is 0.258. The summed E-state index contributed by atoms with van der Waals surface area (Å²) in [5, 5.41) is 23.8. The number of phenols is 1. The summed E-state index contributed by atoms with van der Waals surface area (Å²) >= 11 is 0. The number of hydrogen-bond acceptors (Lipinski definition) is 5. The van der Waals surface area contributed by atoms with Gasteiger partial charge in [0.25, 0.3) is 5.69 Å². The molecule has 0 aliphatic heterocycles. The maximum absolute atomic E-state index is 10.9. The van der Waals surface area contributed by atoms with E-state index in [9.17, 15) is 15.2 Å². The summed E-state index contributed by atoms with van der Waals surface area (Å²) in [6.07, 6.45) is 0. The van der Waals surface area contributed by atoms with Crippen LogP contribution in [-0.4, -0.2) is 17.1 Å². The highest BCUT2D eigenvalue weighted by atomic mass is 16.6. The molecule has 6 heteroatoms. The molecule has 2 N–H and O–H groups in total. The number of aromatic hydroxyl groups is 1. The molecule has 0 radical (unpaired) electrons. The minimum Gasteiger partial charge on any atom is -0.504 e. The van der Waals surface area contributed by atoms with Gasteiger partial charge in [-0.15, -0.1) is 0 Å². The Hall–Kier alpha value is -2.76. The fourth-order valence-electron chi connectivity index (χ4n) is 1.85. The number of benzene rings is 2. The molecule has 0 unspecified atom stereocenters. The molecule has 2 aromatic carbocycles. The predicted octanol–water partition coefficient (Wildman–Crippen LogP) is 2.92. The first-order valence-corrected chi connectivity index (χ1v) is 5.95. The normalized spacial score (nSPS) is 10.1. The third-order valence-corrected chi connectivity index (χ3v) is 2.87. The SMILES string of the molecule is COc1cccc(CNc2ccccc2[N+](=O)[O-])c1O. The summed E-state index contributed by atoms with van der Waals surface area (Å²) in [6, 6.07) is 11.5. The van der Waals surface area contributed by atoms with E-state index < -0.39 is 4.92 Å². The predicted molar refractivity (Wildman–Crippen MR) is 75.1 cm³/mol. The fraction of sp³-hybridized carbons (Fsp3) is 0.143. The number of para-hydroxylation sites is 3. The Morgan fingerprint density at radius 1 is 1.25 bits per heavy atom. The first-order valence-electron chi connectivity index (χ1n) is 5.95. The maximum atomic E-state index is 10.9. The van der Waals surface area contributed by atoms with Crippen molar-refractivity contribution in [1.82, 2.24) is 0 Å². The van der Waals surface area contributed by atoms with Crippen LogP contribution in [0.1, 0.15) is 5.56 Å². The van der Waals surface area contributed by atoms with Crippen LogP contribution in [0.15, 0.2) is 42.5 Å². The van der Waals surface area contributed by atoms with Gasteiger partial charge in [0.2, 0.25) is 0 Å². The third-order valence-electron chi connectivity index (χ3n) is 2.87. The van der Waals surface area contributed by atoms with E-state index in [4.69, 9.17) is 4.74 Å². The van der Waals surface area contributed by atoms with Crippen molar-refractivity contribution < 1.29 is 14.8 Å². The molecule has 0 bridgehead atoms. The number of phenolic OH excluding ortho intramolecular Hbond substituents is 1. The second kappa shape index (κ2) is 5.92. The van der Waals surface area contributed by atoms with Crippen LogP contribution < -0.4 is 10.1 Å². The van der Waals surface area contributed by atoms with E-state index in [0.29, 0.717) is 17.0 Å². The number of methoxy groups -OCH3 is 1. The van der Waals surface area contributed by atoms with Crippen LogP contribution in [0.4, 0.5) is 11.4 Å². The first kappa shape index (κ1) is 13.7. The molecule has 0 atom stereocenters. The van der Waals surface area contributed by atoms with E-state index in [1.807, 2.05) is 0 Å². The number of hydrogen-bond donors (Lipinski definition) is 2. The van der Waals surface area contributed by atoms with Gasteiger partial charge in [-0.25, -0.2) is 0 Å². The zero-order valence-corrected chi connectivity index (χ0v) is 10.9. The molecule has 2 rings (SSSR count). The Labute approximate surface area is 115 Å². The van der Waals surface area contributed by atoms with E-state index in [0.717, 1.165) is 0 Å². The number of ether oxygens (including phenoxy) is 1. The van der Waals surface area contributed by atoms with Crippen molar-refractivity contribution in [3.05, 3.63) is 58.1 Å². The van der Waals surface area contributed by atoms with Gasteiger partial charge in [-0.1, -0.05) is 24.3 Å². The van der Waals surface area contributed by atoms with E-state index in [-0.39, 0.29) is 18.0 Å². The highest BCUT2D eigenvalue weighted by Gasteiger charge is 2.13. The standard InChI is InChI=1S/C14H14N2O4/c1-20-13-8-4-5-10(14(13)17)9-15-11-6-2-3-7-12(11)16(18)19/h2-8,15,17H,9H2,1H3. The Balaban J connectivity index is 2.19. The molecule has 0 saturated heterocycles. The van der Waals surface area contributed by atoms with Crippen LogP contribution in [0.25, 0.3) is 0 Å². The fourth-order valence-corrected chi connectivity index (χ4v) is 1.85. The number of nitrogens with zero attached hydrogens (tertiary/aromatic N) is 1. The lowest BCUT2D eigenvalue weighted by atomic mass is 10.1. The average molecular weight is 274 g/mol. The topological polar surface area (TPSA) is 84.6 Å². The van der Waals surface area contributed by atoms with Gasteiger partial charge in [0.15, 0.2) is 11.5 Å². The summed E-state index contributed by atoms with van der Waals surface area (Å²) in [7, 11) is 1.47. The second-order valence-corrected chi connectivity index (χ2v) is 4.10. The number of nitro groups is 1. The van der Waals surface area contributed by atoms with E-state index >= 15 is 0 Å². The molecule has 0 fully saturated rings. The lowest BCUT2D eigenvalue weighted by molar-refractivity contribution is -0.384. The van der Waals surface area contributed by atoms with Crippen molar-refractivity contribution in [2.45, 2.75) is 6.54 Å². The molecule has 0 amide bonds. The van der Waals surface area contributed by atoms with Gasteiger partial charge >= 0.3 is 0 Å². The van der Waals surface area contributed by atoms with Gasteiger partial charge in [0, 0.05) is 18.2 Å². The summed E-state index contributed by atoms with van der Waals surface area (Å²) in [4.78, 5) is 10.4. The van der Waals surface area contributed by atoms with Crippen LogP contribution in [0.2, 0.25) is 0 Å². The minimum atomic E-state index is -0.451. The molecule has 0 aliphatic carbocycles. The van der Waals surface area contributed by atoms with Gasteiger partial charge in [-0.05, 0) is 12.1 Å². The van der Waals surface area contributed by atoms with Crippen LogP contribution in [0.3, 0.4) is 0 Å². The number of anilines is 1. The molecule has 0 aliphatic rings. The van der Waals surface area contributed by atoms with Crippen LogP contribution in [0, 0.1) is 10.1 Å². The number of nitrogens with one attached hydrogen (secondary N) is 1. The van der Waals surface area contributed by atoms with Crippen molar-refractivity contribution in [2.75, 3.05) is 12.4 Å². The van der Waals surface area contributed by atoms with Crippen molar-refractivity contribution in [2.24, 2.45) is 0 Å².